The highest BCUT2D eigenvalue weighted by atomic mass is 35.5. The third kappa shape index (κ3) is 5.15. The molecule has 1 aliphatic heterocycles. The number of hydrogen-bond donors (Lipinski definition) is 0. The van der Waals surface area contributed by atoms with E-state index in [1.807, 2.05) is 19.9 Å². The lowest BCUT2D eigenvalue weighted by atomic mass is 9.94. The maximum atomic E-state index is 6.73. The van der Waals surface area contributed by atoms with E-state index in [-0.39, 0.29) is 0 Å². The predicted octanol–water partition coefficient (Wildman–Crippen LogP) is 6.86. The van der Waals surface area contributed by atoms with Gasteiger partial charge in [0, 0.05) is 48.7 Å². The number of hydrogen-bond acceptors (Lipinski definition) is 3. The molecule has 2 aromatic rings. The number of rotatable bonds is 6. The lowest BCUT2D eigenvalue weighted by Crippen LogP contribution is -2.44. The van der Waals surface area contributed by atoms with Crippen LogP contribution >= 0.6 is 11.6 Å². The molecule has 0 bridgehead atoms. The SMILES string of the molecule is C=CCCC(=C)N1CCN(C(=C)c2ccc3c(Cl)c4c(nc3c2)CCCC4)CC1.CC. The van der Waals surface area contributed by atoms with Crippen molar-refractivity contribution < 1.29 is 0 Å². The Hall–Kier alpha value is -2.26. The number of allylic oxidation sites excluding steroid dienone is 2. The highest BCUT2D eigenvalue weighted by molar-refractivity contribution is 6.36. The first-order valence-electron chi connectivity index (χ1n) is 11.7. The molecule has 4 rings (SSSR count). The molecule has 31 heavy (non-hydrogen) atoms. The minimum atomic E-state index is 0.897. The van der Waals surface area contributed by atoms with Gasteiger partial charge >= 0.3 is 0 Å². The van der Waals surface area contributed by atoms with Gasteiger partial charge < -0.3 is 9.80 Å². The number of aromatic nitrogens is 1. The van der Waals surface area contributed by atoms with Gasteiger partial charge in [-0.2, -0.15) is 0 Å². The summed E-state index contributed by atoms with van der Waals surface area (Å²) in [6.45, 7) is 20.3. The van der Waals surface area contributed by atoms with Crippen molar-refractivity contribution >= 4 is 28.2 Å². The maximum Gasteiger partial charge on any atom is 0.0727 e. The Kier molecular flexibility index (Phi) is 8.20. The van der Waals surface area contributed by atoms with Crippen LogP contribution in [0.1, 0.15) is 56.4 Å². The number of piperazine rings is 1. The van der Waals surface area contributed by atoms with E-state index in [2.05, 4.69) is 47.7 Å². The van der Waals surface area contributed by atoms with E-state index in [1.54, 1.807) is 0 Å². The molecule has 1 saturated heterocycles. The molecular formula is C27H36ClN3. The molecule has 0 saturated carbocycles. The van der Waals surface area contributed by atoms with Gasteiger partial charge in [0.2, 0.25) is 0 Å². The molecule has 2 heterocycles. The number of fused-ring (bicyclic) bond motifs is 2. The number of halogens is 1. The van der Waals surface area contributed by atoms with Crippen molar-refractivity contribution in [1.29, 1.82) is 0 Å². The van der Waals surface area contributed by atoms with Crippen molar-refractivity contribution in [3.8, 4) is 0 Å². The number of aryl methyl sites for hydroxylation is 1. The van der Waals surface area contributed by atoms with Crippen molar-refractivity contribution in [2.75, 3.05) is 26.2 Å². The van der Waals surface area contributed by atoms with E-state index in [4.69, 9.17) is 16.6 Å². The van der Waals surface area contributed by atoms with Crippen LogP contribution in [0, 0.1) is 0 Å². The fraction of sp³-hybridized carbons (Fsp3) is 0.444. The van der Waals surface area contributed by atoms with Crippen LogP contribution in [-0.4, -0.2) is 41.0 Å². The fourth-order valence-electron chi connectivity index (χ4n) is 4.45. The first-order chi connectivity index (χ1) is 15.1. The summed E-state index contributed by atoms with van der Waals surface area (Å²) >= 11 is 6.73. The van der Waals surface area contributed by atoms with Crippen molar-refractivity contribution in [3.05, 3.63) is 71.6 Å². The zero-order valence-electron chi connectivity index (χ0n) is 19.2. The minimum absolute atomic E-state index is 0.897. The quantitative estimate of drug-likeness (QED) is 0.460. The van der Waals surface area contributed by atoms with E-state index in [0.29, 0.717) is 0 Å². The van der Waals surface area contributed by atoms with E-state index in [0.717, 1.165) is 79.0 Å². The van der Waals surface area contributed by atoms with Crippen LogP contribution in [-0.2, 0) is 12.8 Å². The molecule has 1 aromatic carbocycles. The molecule has 0 amide bonds. The molecule has 0 unspecified atom stereocenters. The summed E-state index contributed by atoms with van der Waals surface area (Å²) in [6.07, 6.45) is 8.44. The zero-order valence-corrected chi connectivity index (χ0v) is 20.0. The van der Waals surface area contributed by atoms with Crippen molar-refractivity contribution in [2.24, 2.45) is 0 Å². The van der Waals surface area contributed by atoms with Gasteiger partial charge in [0.15, 0.2) is 0 Å². The monoisotopic (exact) mass is 437 g/mol. The first-order valence-corrected chi connectivity index (χ1v) is 12.0. The lowest BCUT2D eigenvalue weighted by Gasteiger charge is -2.39. The Balaban J connectivity index is 0.00000132. The van der Waals surface area contributed by atoms with Crippen LogP contribution < -0.4 is 0 Å². The second-order valence-electron chi connectivity index (χ2n) is 8.10. The van der Waals surface area contributed by atoms with E-state index >= 15 is 0 Å². The number of nitrogens with zero attached hydrogens (tertiary/aromatic N) is 3. The summed E-state index contributed by atoms with van der Waals surface area (Å²) in [5.41, 5.74) is 6.85. The maximum absolute atomic E-state index is 6.73. The average molecular weight is 438 g/mol. The largest absolute Gasteiger partial charge is 0.372 e. The fourth-order valence-corrected chi connectivity index (χ4v) is 4.81. The van der Waals surface area contributed by atoms with Gasteiger partial charge in [0.05, 0.1) is 10.5 Å². The van der Waals surface area contributed by atoms with Crippen LogP contribution in [0.5, 0.6) is 0 Å². The van der Waals surface area contributed by atoms with Crippen LogP contribution in [0.4, 0.5) is 0 Å². The number of pyridine rings is 1. The molecular weight excluding hydrogens is 402 g/mol. The minimum Gasteiger partial charge on any atom is -0.372 e. The highest BCUT2D eigenvalue weighted by Crippen LogP contribution is 2.34. The van der Waals surface area contributed by atoms with Crippen molar-refractivity contribution in [2.45, 2.75) is 52.4 Å². The van der Waals surface area contributed by atoms with Crippen molar-refractivity contribution in [1.82, 2.24) is 14.8 Å². The first kappa shape index (κ1) is 23.4. The van der Waals surface area contributed by atoms with E-state index in [1.165, 1.54) is 29.8 Å². The van der Waals surface area contributed by atoms with Gasteiger partial charge in [-0.15, -0.1) is 6.58 Å². The zero-order chi connectivity index (χ0) is 22.4. The molecule has 0 spiro atoms. The third-order valence-corrected chi connectivity index (χ3v) is 6.70. The molecule has 4 heteroatoms. The van der Waals surface area contributed by atoms with Gasteiger partial charge in [-0.25, -0.2) is 0 Å². The van der Waals surface area contributed by atoms with Crippen LogP contribution in [0.25, 0.3) is 16.6 Å². The molecule has 3 nitrogen and oxygen atoms in total. The second-order valence-corrected chi connectivity index (χ2v) is 8.48. The summed E-state index contributed by atoms with van der Waals surface area (Å²) in [5, 5.41) is 1.96. The Morgan fingerprint density at radius 1 is 1.06 bits per heavy atom. The molecule has 0 atom stereocenters. The molecule has 1 fully saturated rings. The van der Waals surface area contributed by atoms with Crippen LogP contribution in [0.3, 0.4) is 0 Å². The van der Waals surface area contributed by atoms with Gasteiger partial charge in [0.25, 0.3) is 0 Å². The van der Waals surface area contributed by atoms with Gasteiger partial charge in [-0.3, -0.25) is 4.98 Å². The summed E-state index contributed by atoms with van der Waals surface area (Å²) < 4.78 is 0. The van der Waals surface area contributed by atoms with Gasteiger partial charge in [0.1, 0.15) is 0 Å². The van der Waals surface area contributed by atoms with E-state index in [9.17, 15) is 0 Å². The second kappa shape index (κ2) is 10.9. The normalized spacial score (nSPS) is 15.7. The Morgan fingerprint density at radius 2 is 1.74 bits per heavy atom. The molecule has 0 N–H and O–H groups in total. The molecule has 1 aliphatic carbocycles. The Bertz CT molecular complexity index is 955. The van der Waals surface area contributed by atoms with Crippen LogP contribution in [0.15, 0.2) is 49.7 Å². The average Bonchev–Trinajstić information content (AvgIpc) is 2.83. The van der Waals surface area contributed by atoms with Gasteiger partial charge in [-0.05, 0) is 55.7 Å². The molecule has 2 aliphatic rings. The topological polar surface area (TPSA) is 19.4 Å². The van der Waals surface area contributed by atoms with Crippen molar-refractivity contribution in [3.63, 3.8) is 0 Å². The lowest BCUT2D eigenvalue weighted by molar-refractivity contribution is 0.210. The third-order valence-electron chi connectivity index (χ3n) is 6.27. The number of benzene rings is 1. The van der Waals surface area contributed by atoms with Crippen LogP contribution in [0.2, 0.25) is 5.02 Å². The standard InChI is InChI=1S/C25H30ClN3.C2H6/c1-4-5-8-18(2)28-13-15-29(16-14-28)19(3)20-11-12-22-24(17-20)27-23-10-7-6-9-21(23)25(22)26;1-2/h4,11-12,17H,1-3,5-10,13-16H2;1-2H3. The Morgan fingerprint density at radius 3 is 2.45 bits per heavy atom. The summed E-state index contributed by atoms with van der Waals surface area (Å²) in [6, 6.07) is 6.42. The summed E-state index contributed by atoms with van der Waals surface area (Å²) in [4.78, 5) is 9.72. The van der Waals surface area contributed by atoms with Gasteiger partial charge in [-0.1, -0.05) is 56.8 Å². The summed E-state index contributed by atoms with van der Waals surface area (Å²) in [5.74, 6) is 0. The summed E-state index contributed by atoms with van der Waals surface area (Å²) in [7, 11) is 0. The highest BCUT2D eigenvalue weighted by Gasteiger charge is 2.21. The smallest absolute Gasteiger partial charge is 0.0727 e. The Labute approximate surface area is 193 Å². The molecule has 1 aromatic heterocycles. The molecule has 166 valence electrons. The molecule has 0 radical (unpaired) electrons. The van der Waals surface area contributed by atoms with E-state index < -0.39 is 0 Å². The predicted molar refractivity (Wildman–Crippen MR) is 135 cm³/mol.